The summed E-state index contributed by atoms with van der Waals surface area (Å²) in [6, 6.07) is 7.44. The number of fused-ring (bicyclic) bond motifs is 2. The highest BCUT2D eigenvalue weighted by Crippen LogP contribution is 2.39. The third-order valence-electron chi connectivity index (χ3n) is 6.24. The molecule has 0 spiro atoms. The fraction of sp³-hybridized carbons (Fsp3) is 0.360. The highest BCUT2D eigenvalue weighted by molar-refractivity contribution is 5.86. The first kappa shape index (κ1) is 21.7. The molecule has 32 heavy (non-hydrogen) atoms. The van der Waals surface area contributed by atoms with E-state index in [9.17, 15) is 9.59 Å². The number of carbonyl (C=O) groups is 1. The molecule has 1 N–H and O–H groups in total. The number of aryl methyl sites for hydroxylation is 3. The number of carbonyl (C=O) groups excluding carboxylic acids is 1. The molecule has 7 heteroatoms. The van der Waals surface area contributed by atoms with Crippen molar-refractivity contribution in [3.8, 4) is 17.2 Å². The van der Waals surface area contributed by atoms with Gasteiger partial charge >= 0.3 is 5.63 Å². The van der Waals surface area contributed by atoms with Crippen LogP contribution in [0.1, 0.15) is 40.3 Å². The van der Waals surface area contributed by atoms with E-state index >= 15 is 0 Å². The monoisotopic (exact) mass is 437 g/mol. The summed E-state index contributed by atoms with van der Waals surface area (Å²) in [5.41, 5.74) is 4.47. The van der Waals surface area contributed by atoms with Crippen LogP contribution in [0.25, 0.3) is 11.0 Å². The van der Waals surface area contributed by atoms with E-state index in [4.69, 9.17) is 18.6 Å². The van der Waals surface area contributed by atoms with Gasteiger partial charge in [-0.05, 0) is 74.6 Å². The second-order valence-electron chi connectivity index (χ2n) is 8.06. The van der Waals surface area contributed by atoms with Gasteiger partial charge in [-0.2, -0.15) is 0 Å². The average Bonchev–Trinajstić information content (AvgIpc) is 3.17. The normalized spacial score (nSPS) is 14.8. The minimum atomic E-state index is -0.361. The lowest BCUT2D eigenvalue weighted by atomic mass is 10.0. The molecule has 2 aromatic carbocycles. The molecule has 168 valence electrons. The van der Waals surface area contributed by atoms with E-state index < -0.39 is 0 Å². The molecule has 0 fully saturated rings. The maximum atomic E-state index is 12.6. The average molecular weight is 437 g/mol. The van der Waals surface area contributed by atoms with E-state index in [0.717, 1.165) is 34.9 Å². The fourth-order valence-electron chi connectivity index (χ4n) is 4.24. The third-order valence-corrected chi connectivity index (χ3v) is 6.24. The quantitative estimate of drug-likeness (QED) is 0.588. The number of benzene rings is 2. The zero-order valence-corrected chi connectivity index (χ0v) is 19.0. The van der Waals surface area contributed by atoms with Crippen LogP contribution in [0.3, 0.4) is 0 Å². The van der Waals surface area contributed by atoms with E-state index in [-0.39, 0.29) is 24.2 Å². The number of rotatable bonds is 6. The van der Waals surface area contributed by atoms with Crippen LogP contribution in [0, 0.1) is 20.8 Å². The molecule has 1 amide bonds. The van der Waals surface area contributed by atoms with Crippen molar-refractivity contribution in [3.63, 3.8) is 0 Å². The maximum absolute atomic E-state index is 12.6. The Morgan fingerprint density at radius 1 is 1.03 bits per heavy atom. The Hall–Kier alpha value is -3.48. The number of hydrogen-bond acceptors (Lipinski definition) is 6. The minimum absolute atomic E-state index is 0.109. The lowest BCUT2D eigenvalue weighted by molar-refractivity contribution is -0.123. The number of nitrogens with one attached hydrogen (secondary N) is 1. The summed E-state index contributed by atoms with van der Waals surface area (Å²) in [4.78, 5) is 24.7. The van der Waals surface area contributed by atoms with Crippen molar-refractivity contribution in [3.05, 3.63) is 62.5 Å². The second-order valence-corrected chi connectivity index (χ2v) is 8.06. The van der Waals surface area contributed by atoms with Gasteiger partial charge in [-0.25, -0.2) is 4.79 Å². The first-order valence-corrected chi connectivity index (χ1v) is 10.5. The molecule has 7 nitrogen and oxygen atoms in total. The minimum Gasteiger partial charge on any atom is -0.493 e. The molecule has 0 bridgehead atoms. The molecule has 0 radical (unpaired) electrons. The van der Waals surface area contributed by atoms with Crippen LogP contribution in [0.15, 0.2) is 33.5 Å². The van der Waals surface area contributed by atoms with E-state index in [1.54, 1.807) is 27.2 Å². The predicted molar refractivity (Wildman–Crippen MR) is 121 cm³/mol. The zero-order valence-electron chi connectivity index (χ0n) is 19.0. The third kappa shape index (κ3) is 3.79. The Morgan fingerprint density at radius 2 is 1.75 bits per heavy atom. The zero-order chi connectivity index (χ0) is 23.0. The van der Waals surface area contributed by atoms with Crippen LogP contribution in [0.2, 0.25) is 0 Å². The summed E-state index contributed by atoms with van der Waals surface area (Å²) in [6.45, 7) is 5.32. The van der Waals surface area contributed by atoms with Gasteiger partial charge in [0, 0.05) is 16.5 Å². The van der Waals surface area contributed by atoms with Crippen molar-refractivity contribution in [2.24, 2.45) is 0 Å². The Labute approximate surface area is 186 Å². The number of hydrogen-bond donors (Lipinski definition) is 1. The van der Waals surface area contributed by atoms with Crippen molar-refractivity contribution in [2.45, 2.75) is 39.7 Å². The molecule has 1 heterocycles. The lowest BCUT2D eigenvalue weighted by Gasteiger charge is -2.17. The van der Waals surface area contributed by atoms with Crippen LogP contribution in [0.4, 0.5) is 0 Å². The smallest absolute Gasteiger partial charge is 0.339 e. The Kier molecular flexibility index (Phi) is 5.82. The Balaban J connectivity index is 1.48. The summed E-state index contributed by atoms with van der Waals surface area (Å²) in [5, 5.41) is 3.91. The Bertz CT molecular complexity index is 1260. The molecule has 0 saturated carbocycles. The van der Waals surface area contributed by atoms with Gasteiger partial charge in [-0.15, -0.1) is 0 Å². The molecule has 0 unspecified atom stereocenters. The standard InChI is InChI=1S/C25H27NO6/c1-13-14(2)25(28)32-24-15(3)20(9-7-17(13)24)31-12-23(27)26-19-8-6-16-10-21(29-4)22(30-5)11-18(16)19/h7,9-11,19H,6,8,12H2,1-5H3,(H,26,27)/t19-/m1/s1. The first-order valence-electron chi connectivity index (χ1n) is 10.5. The van der Waals surface area contributed by atoms with Crippen molar-refractivity contribution >= 4 is 16.9 Å². The summed E-state index contributed by atoms with van der Waals surface area (Å²) < 4.78 is 22.0. The molecule has 1 aromatic heterocycles. The molecule has 0 saturated heterocycles. The van der Waals surface area contributed by atoms with E-state index in [0.29, 0.717) is 34.0 Å². The van der Waals surface area contributed by atoms with Crippen LogP contribution in [-0.2, 0) is 11.2 Å². The predicted octanol–water partition coefficient (Wildman–Crippen LogP) is 3.92. The largest absolute Gasteiger partial charge is 0.493 e. The first-order chi connectivity index (χ1) is 15.3. The van der Waals surface area contributed by atoms with Gasteiger partial charge in [0.15, 0.2) is 18.1 Å². The molecular weight excluding hydrogens is 410 g/mol. The van der Waals surface area contributed by atoms with E-state index in [2.05, 4.69) is 5.32 Å². The molecule has 4 rings (SSSR count). The van der Waals surface area contributed by atoms with Crippen molar-refractivity contribution in [1.82, 2.24) is 5.32 Å². The van der Waals surface area contributed by atoms with Crippen LogP contribution in [0.5, 0.6) is 17.2 Å². The molecule has 0 aliphatic heterocycles. The molecular formula is C25H27NO6. The fourth-order valence-corrected chi connectivity index (χ4v) is 4.24. The summed E-state index contributed by atoms with van der Waals surface area (Å²) in [6.07, 6.45) is 1.65. The van der Waals surface area contributed by atoms with Gasteiger partial charge in [0.2, 0.25) is 0 Å². The topological polar surface area (TPSA) is 87.0 Å². The summed E-state index contributed by atoms with van der Waals surface area (Å²) in [7, 11) is 3.20. The summed E-state index contributed by atoms with van der Waals surface area (Å²) in [5.74, 6) is 1.61. The number of ether oxygens (including phenoxy) is 3. The number of methoxy groups -OCH3 is 2. The molecule has 3 aromatic rings. The highest BCUT2D eigenvalue weighted by atomic mass is 16.5. The van der Waals surface area contributed by atoms with Crippen molar-refractivity contribution < 1.29 is 23.4 Å². The van der Waals surface area contributed by atoms with Gasteiger partial charge in [-0.3, -0.25) is 4.79 Å². The summed E-state index contributed by atoms with van der Waals surface area (Å²) >= 11 is 0. The van der Waals surface area contributed by atoms with Crippen LogP contribution < -0.4 is 25.2 Å². The van der Waals surface area contributed by atoms with Gasteiger partial charge in [-0.1, -0.05) is 0 Å². The van der Waals surface area contributed by atoms with Gasteiger partial charge < -0.3 is 23.9 Å². The van der Waals surface area contributed by atoms with Gasteiger partial charge in [0.25, 0.3) is 5.91 Å². The maximum Gasteiger partial charge on any atom is 0.339 e. The highest BCUT2D eigenvalue weighted by Gasteiger charge is 2.26. The van der Waals surface area contributed by atoms with Gasteiger partial charge in [0.1, 0.15) is 11.3 Å². The van der Waals surface area contributed by atoms with Crippen LogP contribution in [-0.4, -0.2) is 26.7 Å². The van der Waals surface area contributed by atoms with E-state index in [1.165, 1.54) is 0 Å². The van der Waals surface area contributed by atoms with Crippen LogP contribution >= 0.6 is 0 Å². The lowest BCUT2D eigenvalue weighted by Crippen LogP contribution is -2.31. The molecule has 1 aliphatic carbocycles. The second kappa shape index (κ2) is 8.57. The number of amides is 1. The Morgan fingerprint density at radius 3 is 2.47 bits per heavy atom. The molecule has 1 atom stereocenters. The SMILES string of the molecule is COc1cc2c(cc1OC)[C@H](NC(=O)COc1ccc3c(C)c(C)c(=O)oc3c1C)CC2. The van der Waals surface area contributed by atoms with Crippen molar-refractivity contribution in [2.75, 3.05) is 20.8 Å². The van der Waals surface area contributed by atoms with E-state index in [1.807, 2.05) is 32.0 Å². The van der Waals surface area contributed by atoms with Crippen molar-refractivity contribution in [1.29, 1.82) is 0 Å². The van der Waals surface area contributed by atoms with Gasteiger partial charge in [0.05, 0.1) is 20.3 Å². The molecule has 1 aliphatic rings.